The Morgan fingerprint density at radius 1 is 1.09 bits per heavy atom. The summed E-state index contributed by atoms with van der Waals surface area (Å²) in [7, 11) is 0. The second-order valence-electron chi connectivity index (χ2n) is 4.81. The van der Waals surface area contributed by atoms with Gasteiger partial charge in [0, 0.05) is 18.6 Å². The molecule has 22 heavy (non-hydrogen) atoms. The molecule has 3 rings (SSSR count). The lowest BCUT2D eigenvalue weighted by Gasteiger charge is -2.20. The standard InChI is InChI=1S/C15H14O5.CH2O/c16-10-4-9(13-2-1-3-19-14(13)7-10)5-12-6-11(17)8-15(18)20-12;1-2/h4,6-8,16-17H,1-3,5H2;1H2. The van der Waals surface area contributed by atoms with Crippen LogP contribution < -0.4 is 10.4 Å². The highest BCUT2D eigenvalue weighted by molar-refractivity contribution is 5.48. The minimum Gasteiger partial charge on any atom is -0.508 e. The molecule has 2 aromatic rings. The predicted molar refractivity (Wildman–Crippen MR) is 78.5 cm³/mol. The summed E-state index contributed by atoms with van der Waals surface area (Å²) < 4.78 is 10.6. The minimum absolute atomic E-state index is 0.114. The fourth-order valence-electron chi connectivity index (χ4n) is 2.48. The zero-order valence-electron chi connectivity index (χ0n) is 11.9. The lowest BCUT2D eigenvalue weighted by atomic mass is 9.96. The summed E-state index contributed by atoms with van der Waals surface area (Å²) in [5.74, 6) is 1.02. The van der Waals surface area contributed by atoms with Crippen LogP contribution >= 0.6 is 0 Å². The van der Waals surface area contributed by atoms with Crippen molar-refractivity contribution in [3.05, 3.63) is 51.6 Å². The van der Waals surface area contributed by atoms with Crippen LogP contribution in [0.2, 0.25) is 0 Å². The molecule has 6 heteroatoms. The Bertz CT molecular complexity index is 719. The van der Waals surface area contributed by atoms with E-state index in [0.717, 1.165) is 30.0 Å². The second-order valence-corrected chi connectivity index (χ2v) is 4.81. The minimum atomic E-state index is -0.592. The predicted octanol–water partition coefficient (Wildman–Crippen LogP) is 1.78. The zero-order chi connectivity index (χ0) is 16.1. The normalized spacial score (nSPS) is 12.5. The molecule has 116 valence electrons. The molecule has 2 N–H and O–H groups in total. The van der Waals surface area contributed by atoms with Crippen molar-refractivity contribution in [3.63, 3.8) is 0 Å². The van der Waals surface area contributed by atoms with Crippen molar-refractivity contribution in [2.75, 3.05) is 6.61 Å². The molecule has 0 unspecified atom stereocenters. The molecular weight excluding hydrogens is 288 g/mol. The van der Waals surface area contributed by atoms with E-state index in [-0.39, 0.29) is 11.5 Å². The highest BCUT2D eigenvalue weighted by atomic mass is 16.5. The molecule has 0 aliphatic carbocycles. The van der Waals surface area contributed by atoms with Gasteiger partial charge in [-0.25, -0.2) is 4.79 Å². The molecule has 0 saturated heterocycles. The van der Waals surface area contributed by atoms with Gasteiger partial charge < -0.3 is 24.2 Å². The highest BCUT2D eigenvalue weighted by Gasteiger charge is 2.17. The van der Waals surface area contributed by atoms with Crippen LogP contribution in [0.3, 0.4) is 0 Å². The summed E-state index contributed by atoms with van der Waals surface area (Å²) in [4.78, 5) is 19.3. The lowest BCUT2D eigenvalue weighted by molar-refractivity contribution is -0.0979. The summed E-state index contributed by atoms with van der Waals surface area (Å²) in [5.41, 5.74) is 1.26. The summed E-state index contributed by atoms with van der Waals surface area (Å²) in [6, 6.07) is 5.65. The lowest BCUT2D eigenvalue weighted by Crippen LogP contribution is -2.11. The first-order valence-electron chi connectivity index (χ1n) is 6.71. The van der Waals surface area contributed by atoms with Crippen LogP contribution in [-0.4, -0.2) is 23.6 Å². The molecule has 0 atom stereocenters. The Morgan fingerprint density at radius 2 is 1.82 bits per heavy atom. The zero-order valence-corrected chi connectivity index (χ0v) is 11.9. The Hall–Kier alpha value is -2.76. The van der Waals surface area contributed by atoms with Crippen molar-refractivity contribution < 1.29 is 24.2 Å². The summed E-state index contributed by atoms with van der Waals surface area (Å²) >= 11 is 0. The molecule has 0 spiro atoms. The molecule has 2 heterocycles. The van der Waals surface area contributed by atoms with Gasteiger partial charge in [-0.1, -0.05) is 0 Å². The van der Waals surface area contributed by atoms with Gasteiger partial charge in [-0.2, -0.15) is 0 Å². The van der Waals surface area contributed by atoms with Crippen LogP contribution in [0.1, 0.15) is 23.3 Å². The fourth-order valence-corrected chi connectivity index (χ4v) is 2.48. The van der Waals surface area contributed by atoms with E-state index in [1.807, 2.05) is 6.79 Å². The van der Waals surface area contributed by atoms with Crippen LogP contribution in [0, 0.1) is 0 Å². The molecule has 1 aliphatic rings. The number of phenolic OH excluding ortho intramolecular Hbond substituents is 1. The van der Waals surface area contributed by atoms with Gasteiger partial charge in [0.25, 0.3) is 0 Å². The average Bonchev–Trinajstić information content (AvgIpc) is 2.48. The van der Waals surface area contributed by atoms with Gasteiger partial charge in [0.15, 0.2) is 0 Å². The van der Waals surface area contributed by atoms with Crippen LogP contribution in [-0.2, 0) is 17.6 Å². The fraction of sp³-hybridized carbons (Fsp3) is 0.250. The van der Waals surface area contributed by atoms with E-state index in [0.29, 0.717) is 24.5 Å². The SMILES string of the molecule is C=O.O=c1cc(O)cc(Cc2cc(O)cc3c2CCCO3)o1. The van der Waals surface area contributed by atoms with E-state index >= 15 is 0 Å². The highest BCUT2D eigenvalue weighted by Crippen LogP contribution is 2.33. The first kappa shape index (κ1) is 15.6. The van der Waals surface area contributed by atoms with E-state index in [1.54, 1.807) is 12.1 Å². The van der Waals surface area contributed by atoms with Crippen molar-refractivity contribution in [1.82, 2.24) is 0 Å². The monoisotopic (exact) mass is 304 g/mol. The number of hydrogen-bond acceptors (Lipinski definition) is 6. The van der Waals surface area contributed by atoms with Crippen molar-refractivity contribution >= 4 is 6.79 Å². The van der Waals surface area contributed by atoms with E-state index in [9.17, 15) is 15.0 Å². The van der Waals surface area contributed by atoms with Crippen molar-refractivity contribution in [3.8, 4) is 17.2 Å². The molecule has 0 bridgehead atoms. The van der Waals surface area contributed by atoms with Crippen LogP contribution in [0.15, 0.2) is 33.5 Å². The molecule has 1 aromatic carbocycles. The largest absolute Gasteiger partial charge is 0.508 e. The maximum atomic E-state index is 11.3. The summed E-state index contributed by atoms with van der Waals surface area (Å²) in [6.45, 7) is 2.64. The Morgan fingerprint density at radius 3 is 2.55 bits per heavy atom. The van der Waals surface area contributed by atoms with Gasteiger partial charge in [-0.3, -0.25) is 0 Å². The third-order valence-corrected chi connectivity index (χ3v) is 3.29. The van der Waals surface area contributed by atoms with Gasteiger partial charge in [0.1, 0.15) is 29.8 Å². The topological polar surface area (TPSA) is 97.0 Å². The van der Waals surface area contributed by atoms with Crippen molar-refractivity contribution in [2.24, 2.45) is 0 Å². The maximum absolute atomic E-state index is 11.3. The number of ether oxygens (including phenoxy) is 1. The number of aromatic hydroxyl groups is 2. The number of phenols is 1. The Balaban J connectivity index is 0.000000847. The molecule has 0 amide bonds. The summed E-state index contributed by atoms with van der Waals surface area (Å²) in [5, 5.41) is 19.2. The second kappa shape index (κ2) is 6.80. The number of carbonyl (C=O) groups excluding carboxylic acids is 1. The third kappa shape index (κ3) is 3.46. The van der Waals surface area contributed by atoms with E-state index in [2.05, 4.69) is 0 Å². The molecule has 1 aromatic heterocycles. The van der Waals surface area contributed by atoms with Crippen LogP contribution in [0.25, 0.3) is 0 Å². The molecule has 6 nitrogen and oxygen atoms in total. The molecular formula is C16H16O6. The van der Waals surface area contributed by atoms with Crippen LogP contribution in [0.4, 0.5) is 0 Å². The first-order chi connectivity index (χ1) is 10.6. The van der Waals surface area contributed by atoms with Crippen LogP contribution in [0.5, 0.6) is 17.2 Å². The van der Waals surface area contributed by atoms with E-state index < -0.39 is 5.63 Å². The van der Waals surface area contributed by atoms with E-state index in [4.69, 9.17) is 13.9 Å². The van der Waals surface area contributed by atoms with Crippen molar-refractivity contribution in [1.29, 1.82) is 0 Å². The maximum Gasteiger partial charge on any atom is 0.339 e. The average molecular weight is 304 g/mol. The molecule has 0 radical (unpaired) electrons. The summed E-state index contributed by atoms with van der Waals surface area (Å²) in [6.07, 6.45) is 2.09. The van der Waals surface area contributed by atoms with Gasteiger partial charge >= 0.3 is 5.63 Å². The number of rotatable bonds is 2. The number of benzene rings is 1. The molecule has 0 saturated carbocycles. The van der Waals surface area contributed by atoms with Gasteiger partial charge in [0.2, 0.25) is 0 Å². The Labute approximate surface area is 126 Å². The van der Waals surface area contributed by atoms with E-state index in [1.165, 1.54) is 6.07 Å². The number of fused-ring (bicyclic) bond motifs is 1. The first-order valence-corrected chi connectivity index (χ1v) is 6.71. The van der Waals surface area contributed by atoms with Crippen molar-refractivity contribution in [2.45, 2.75) is 19.3 Å². The van der Waals surface area contributed by atoms with Gasteiger partial charge in [-0.15, -0.1) is 0 Å². The molecule has 1 aliphatic heterocycles. The number of hydrogen-bond donors (Lipinski definition) is 2. The smallest absolute Gasteiger partial charge is 0.339 e. The Kier molecular flexibility index (Phi) is 4.83. The van der Waals surface area contributed by atoms with Gasteiger partial charge in [0.05, 0.1) is 12.7 Å². The van der Waals surface area contributed by atoms with Gasteiger partial charge in [-0.05, 0) is 30.0 Å². The molecule has 0 fully saturated rings. The third-order valence-electron chi connectivity index (χ3n) is 3.29. The number of carbonyl (C=O) groups is 1. The quantitative estimate of drug-likeness (QED) is 0.878.